The molecule has 0 aromatic heterocycles. The molecule has 0 radical (unpaired) electrons. The molecule has 0 heterocycles. The van der Waals surface area contributed by atoms with E-state index in [4.69, 9.17) is 0 Å². The van der Waals surface area contributed by atoms with Crippen molar-refractivity contribution in [3.63, 3.8) is 0 Å². The average molecular weight is 327 g/mol. The normalized spacial score (nSPS) is 9.18. The summed E-state index contributed by atoms with van der Waals surface area (Å²) in [7, 11) is 0. The molecule has 0 aromatic carbocycles. The summed E-state index contributed by atoms with van der Waals surface area (Å²) in [6.45, 7) is 14.5. The zero-order chi connectivity index (χ0) is 15.9. The maximum Gasteiger partial charge on any atom is 2.00 e. The molecule has 0 fully saturated rings. The molecule has 0 saturated heterocycles. The molecule has 2 heteroatoms. The van der Waals surface area contributed by atoms with Gasteiger partial charge in [-0.2, -0.15) is 13.8 Å². The van der Waals surface area contributed by atoms with E-state index in [1.165, 1.54) is 51.4 Å². The molecular formula is C20H38Mg2. The number of rotatable bonds is 11. The van der Waals surface area contributed by atoms with Gasteiger partial charge in [-0.25, -0.2) is 12.8 Å². The van der Waals surface area contributed by atoms with Crippen molar-refractivity contribution in [2.75, 3.05) is 0 Å². The van der Waals surface area contributed by atoms with Crippen LogP contribution in [0.15, 0.2) is 12.2 Å². The summed E-state index contributed by atoms with van der Waals surface area (Å²) in [6, 6.07) is 0. The van der Waals surface area contributed by atoms with Gasteiger partial charge in [-0.05, 0) is 0 Å². The van der Waals surface area contributed by atoms with Gasteiger partial charge >= 0.3 is 46.1 Å². The van der Waals surface area contributed by atoms with E-state index in [1.807, 2.05) is 0 Å². The van der Waals surface area contributed by atoms with Gasteiger partial charge in [0, 0.05) is 0 Å². The molecule has 0 aliphatic heterocycles. The summed E-state index contributed by atoms with van der Waals surface area (Å²) in [5.41, 5.74) is 0. The zero-order valence-electron chi connectivity index (χ0n) is 16.1. The molecule has 0 saturated carbocycles. The van der Waals surface area contributed by atoms with Gasteiger partial charge in [-0.1, -0.05) is 65.2 Å². The van der Waals surface area contributed by atoms with Crippen LogP contribution in [0, 0.1) is 26.0 Å². The Hall–Kier alpha value is 1.01. The molecule has 22 heavy (non-hydrogen) atoms. The summed E-state index contributed by atoms with van der Waals surface area (Å²) in [6.07, 6.45) is 23.5. The van der Waals surface area contributed by atoms with E-state index in [9.17, 15) is 0 Å². The van der Waals surface area contributed by atoms with Crippen molar-refractivity contribution >= 4 is 46.1 Å². The Labute approximate surface area is 175 Å². The van der Waals surface area contributed by atoms with Gasteiger partial charge in [0.2, 0.25) is 0 Å². The second-order valence-corrected chi connectivity index (χ2v) is 4.31. The third-order valence-electron chi connectivity index (χ3n) is 2.61. The third-order valence-corrected chi connectivity index (χ3v) is 2.61. The Bertz CT molecular complexity index is 155. The van der Waals surface area contributed by atoms with Crippen LogP contribution in [-0.2, 0) is 0 Å². The topological polar surface area (TPSA) is 0 Å². The summed E-state index contributed by atoms with van der Waals surface area (Å²) in [4.78, 5) is 0. The molecule has 0 atom stereocenters. The average Bonchev–Trinajstić information content (AvgIpc) is 2.52. The van der Waals surface area contributed by atoms with Crippen molar-refractivity contribution in [2.45, 2.75) is 91.9 Å². The minimum atomic E-state index is 0. The zero-order valence-corrected chi connectivity index (χ0v) is 18.9. The first kappa shape index (κ1) is 34.4. The Morgan fingerprint density at radius 1 is 0.636 bits per heavy atom. The van der Waals surface area contributed by atoms with E-state index in [1.54, 1.807) is 13.8 Å². The van der Waals surface area contributed by atoms with E-state index < -0.39 is 0 Å². The van der Waals surface area contributed by atoms with Gasteiger partial charge in [-0.3, -0.25) is 12.2 Å². The van der Waals surface area contributed by atoms with Crippen LogP contribution in [0.4, 0.5) is 0 Å². The SMILES string of the molecule is CCCCCC=[C-]CC[C-]=CCCCCC.[CH2-]C.[CH2-]C.[Mg+2].[Mg+2]. The fraction of sp³-hybridized carbons (Fsp3) is 0.700. The van der Waals surface area contributed by atoms with Crippen LogP contribution in [0.25, 0.3) is 0 Å². The number of hydrogen-bond acceptors (Lipinski definition) is 0. The van der Waals surface area contributed by atoms with Crippen molar-refractivity contribution in [3.8, 4) is 0 Å². The predicted octanol–water partition coefficient (Wildman–Crippen LogP) is 6.57. The van der Waals surface area contributed by atoms with Gasteiger partial charge < -0.3 is 26.0 Å². The van der Waals surface area contributed by atoms with Gasteiger partial charge in [0.25, 0.3) is 0 Å². The first-order chi connectivity index (χ1) is 9.91. The summed E-state index contributed by atoms with van der Waals surface area (Å²) in [5, 5.41) is 0. The quantitative estimate of drug-likeness (QED) is 0.229. The van der Waals surface area contributed by atoms with Crippen molar-refractivity contribution in [3.05, 3.63) is 38.2 Å². The molecule has 0 aliphatic rings. The van der Waals surface area contributed by atoms with Crippen LogP contribution < -0.4 is 0 Å². The second-order valence-electron chi connectivity index (χ2n) is 4.31. The maximum atomic E-state index is 3.34. The van der Waals surface area contributed by atoms with Crippen molar-refractivity contribution in [1.82, 2.24) is 0 Å². The first-order valence-electron chi connectivity index (χ1n) is 8.43. The van der Waals surface area contributed by atoms with E-state index in [2.05, 4.69) is 52.0 Å². The fourth-order valence-corrected chi connectivity index (χ4v) is 1.55. The fourth-order valence-electron chi connectivity index (χ4n) is 1.55. The second kappa shape index (κ2) is 43.1. The molecule has 0 amide bonds. The van der Waals surface area contributed by atoms with E-state index in [-0.39, 0.29) is 46.1 Å². The molecule has 0 N–H and O–H groups in total. The Morgan fingerprint density at radius 3 is 1.23 bits per heavy atom. The third kappa shape index (κ3) is 42.9. The molecule has 0 rings (SSSR count). The standard InChI is InChI=1S/C16H28.2C2H5.2Mg/c1-3-5-7-9-11-13-15-16-14-12-10-8-6-4-2;2*1-2;;/h11-12H,3-10,15-16H2,1-2H3;2*1H2,2H3;;/q-2;2*-1;2*+2. The molecule has 0 aromatic rings. The number of allylic oxidation sites excluding steroid dienone is 4. The smallest absolute Gasteiger partial charge is 0.503 e. The minimum absolute atomic E-state index is 0. The molecular weight excluding hydrogens is 289 g/mol. The van der Waals surface area contributed by atoms with E-state index in [0.29, 0.717) is 0 Å². The van der Waals surface area contributed by atoms with Crippen molar-refractivity contribution in [1.29, 1.82) is 0 Å². The predicted molar refractivity (Wildman–Crippen MR) is 107 cm³/mol. The summed E-state index contributed by atoms with van der Waals surface area (Å²) < 4.78 is 0. The van der Waals surface area contributed by atoms with Gasteiger partial charge in [0.05, 0.1) is 0 Å². The monoisotopic (exact) mass is 326 g/mol. The molecule has 0 aliphatic carbocycles. The van der Waals surface area contributed by atoms with Crippen LogP contribution in [0.2, 0.25) is 0 Å². The largest absolute Gasteiger partial charge is 2.00 e. The van der Waals surface area contributed by atoms with Crippen LogP contribution in [0.1, 0.15) is 91.9 Å². The summed E-state index contributed by atoms with van der Waals surface area (Å²) >= 11 is 0. The van der Waals surface area contributed by atoms with Crippen molar-refractivity contribution < 1.29 is 0 Å². The van der Waals surface area contributed by atoms with Crippen LogP contribution >= 0.6 is 0 Å². The number of hydrogen-bond donors (Lipinski definition) is 0. The van der Waals surface area contributed by atoms with Crippen LogP contribution in [0.3, 0.4) is 0 Å². The Morgan fingerprint density at radius 2 is 0.955 bits per heavy atom. The van der Waals surface area contributed by atoms with Crippen LogP contribution in [0.5, 0.6) is 0 Å². The first-order valence-corrected chi connectivity index (χ1v) is 8.43. The van der Waals surface area contributed by atoms with Gasteiger partial charge in [0.1, 0.15) is 0 Å². The van der Waals surface area contributed by atoms with Crippen molar-refractivity contribution in [2.24, 2.45) is 0 Å². The molecule has 122 valence electrons. The van der Waals surface area contributed by atoms with Gasteiger partial charge in [-0.15, -0.1) is 0 Å². The Kier molecular flexibility index (Phi) is 67.4. The Balaban J connectivity index is -0.000000147. The molecule has 0 unspecified atom stereocenters. The minimum Gasteiger partial charge on any atom is -0.503 e. The molecule has 0 spiro atoms. The maximum absolute atomic E-state index is 3.34. The van der Waals surface area contributed by atoms with Gasteiger partial charge in [0.15, 0.2) is 0 Å². The number of unbranched alkanes of at least 4 members (excludes halogenated alkanes) is 7. The van der Waals surface area contributed by atoms with E-state index in [0.717, 1.165) is 12.8 Å². The van der Waals surface area contributed by atoms with Crippen LogP contribution in [-0.4, -0.2) is 46.1 Å². The molecule has 0 nitrogen and oxygen atoms in total. The summed E-state index contributed by atoms with van der Waals surface area (Å²) in [5.74, 6) is 0. The molecule has 0 bridgehead atoms. The van der Waals surface area contributed by atoms with E-state index >= 15 is 0 Å².